The largest absolute Gasteiger partial charge is 0.467 e. The second kappa shape index (κ2) is 11.5. The summed E-state index contributed by atoms with van der Waals surface area (Å²) >= 11 is 0. The number of hydrazine groups is 1. The van der Waals surface area contributed by atoms with E-state index in [2.05, 4.69) is 10.7 Å². The maximum absolute atomic E-state index is 13.4. The Morgan fingerprint density at radius 2 is 1.60 bits per heavy atom. The molecule has 2 aromatic rings. The van der Waals surface area contributed by atoms with E-state index in [-0.39, 0.29) is 32.0 Å². The zero-order chi connectivity index (χ0) is 29.1. The topological polar surface area (TPSA) is 132 Å². The summed E-state index contributed by atoms with van der Waals surface area (Å²) in [6.07, 6.45) is -2.76. The SMILES string of the molecule is CCN(NC(=O)OC(C)(C)C)C(=O)OC1CN[C@@](C(=O)OC)(C(=O)OCC2c3ccccc3-c3ccccc32)C1. The zero-order valence-corrected chi connectivity index (χ0v) is 23.3. The number of benzene rings is 2. The number of esters is 2. The van der Waals surface area contributed by atoms with Crippen molar-refractivity contribution in [2.45, 2.75) is 57.3 Å². The summed E-state index contributed by atoms with van der Waals surface area (Å²) in [5.41, 5.74) is 3.95. The van der Waals surface area contributed by atoms with Crippen LogP contribution in [0.2, 0.25) is 0 Å². The lowest BCUT2D eigenvalue weighted by Crippen LogP contribution is -2.56. The number of rotatable bonds is 6. The van der Waals surface area contributed by atoms with Gasteiger partial charge >= 0.3 is 24.1 Å². The molecule has 1 saturated heterocycles. The van der Waals surface area contributed by atoms with Crippen LogP contribution in [0.4, 0.5) is 9.59 Å². The highest BCUT2D eigenvalue weighted by Crippen LogP contribution is 2.44. The van der Waals surface area contributed by atoms with Crippen molar-refractivity contribution in [1.82, 2.24) is 15.8 Å². The molecule has 0 aromatic heterocycles. The molecule has 1 heterocycles. The molecule has 0 bridgehead atoms. The minimum atomic E-state index is -1.85. The fourth-order valence-corrected chi connectivity index (χ4v) is 5.02. The van der Waals surface area contributed by atoms with Crippen LogP contribution >= 0.6 is 0 Å². The van der Waals surface area contributed by atoms with Crippen LogP contribution < -0.4 is 10.7 Å². The van der Waals surface area contributed by atoms with Crippen molar-refractivity contribution in [3.05, 3.63) is 59.7 Å². The number of methoxy groups -OCH3 is 1. The van der Waals surface area contributed by atoms with Crippen LogP contribution in [0.5, 0.6) is 0 Å². The summed E-state index contributed by atoms with van der Waals surface area (Å²) in [5.74, 6) is -1.86. The van der Waals surface area contributed by atoms with Crippen LogP contribution in [0.3, 0.4) is 0 Å². The van der Waals surface area contributed by atoms with E-state index in [0.29, 0.717) is 0 Å². The van der Waals surface area contributed by atoms with Gasteiger partial charge in [-0.3, -0.25) is 5.32 Å². The predicted molar refractivity (Wildman–Crippen MR) is 144 cm³/mol. The van der Waals surface area contributed by atoms with Gasteiger partial charge in [-0.25, -0.2) is 29.6 Å². The first-order valence-corrected chi connectivity index (χ1v) is 13.2. The van der Waals surface area contributed by atoms with E-state index in [4.69, 9.17) is 18.9 Å². The Labute approximate surface area is 233 Å². The molecular weight excluding hydrogens is 518 g/mol. The number of amides is 2. The molecule has 1 aliphatic heterocycles. The first kappa shape index (κ1) is 28.9. The molecule has 0 spiro atoms. The second-order valence-electron chi connectivity index (χ2n) is 10.7. The fourth-order valence-electron chi connectivity index (χ4n) is 5.02. The third-order valence-electron chi connectivity index (χ3n) is 6.82. The van der Waals surface area contributed by atoms with Gasteiger partial charge in [0.25, 0.3) is 0 Å². The fraction of sp³-hybridized carbons (Fsp3) is 0.448. The lowest BCUT2D eigenvalue weighted by atomic mass is 9.95. The normalized spacial score (nSPS) is 19.7. The summed E-state index contributed by atoms with van der Waals surface area (Å²) in [4.78, 5) is 51.2. The number of nitrogens with zero attached hydrogens (tertiary/aromatic N) is 1. The van der Waals surface area contributed by atoms with E-state index in [9.17, 15) is 19.2 Å². The predicted octanol–water partition coefficient (Wildman–Crippen LogP) is 3.51. The molecule has 2 aliphatic rings. The minimum absolute atomic E-state index is 0.00493. The molecule has 1 aliphatic carbocycles. The lowest BCUT2D eigenvalue weighted by molar-refractivity contribution is -0.164. The summed E-state index contributed by atoms with van der Waals surface area (Å²) in [7, 11) is 1.17. The number of nitrogens with one attached hydrogen (secondary N) is 2. The summed E-state index contributed by atoms with van der Waals surface area (Å²) in [5, 5.41) is 3.81. The van der Waals surface area contributed by atoms with Crippen molar-refractivity contribution in [2.75, 3.05) is 26.8 Å². The Balaban J connectivity index is 1.43. The van der Waals surface area contributed by atoms with Gasteiger partial charge in [0.05, 0.1) is 7.11 Å². The zero-order valence-electron chi connectivity index (χ0n) is 23.3. The Morgan fingerprint density at radius 3 is 2.15 bits per heavy atom. The highest BCUT2D eigenvalue weighted by molar-refractivity contribution is 6.05. The van der Waals surface area contributed by atoms with E-state index in [1.165, 1.54) is 7.11 Å². The Kier molecular flexibility index (Phi) is 8.34. The van der Waals surface area contributed by atoms with E-state index in [1.54, 1.807) is 27.7 Å². The molecule has 1 fully saturated rings. The Hall–Kier alpha value is -4.12. The average Bonchev–Trinajstić information content (AvgIpc) is 3.49. The number of carbonyl (C=O) groups excluding carboxylic acids is 4. The van der Waals surface area contributed by atoms with Crippen LogP contribution in [0, 0.1) is 0 Å². The molecule has 0 radical (unpaired) electrons. The van der Waals surface area contributed by atoms with E-state index < -0.39 is 41.4 Å². The van der Waals surface area contributed by atoms with Crippen molar-refractivity contribution in [1.29, 1.82) is 0 Å². The van der Waals surface area contributed by atoms with Crippen molar-refractivity contribution in [2.24, 2.45) is 0 Å². The van der Waals surface area contributed by atoms with Crippen molar-refractivity contribution >= 4 is 24.1 Å². The van der Waals surface area contributed by atoms with Crippen LogP contribution in [-0.2, 0) is 28.5 Å². The van der Waals surface area contributed by atoms with Crippen LogP contribution in [0.25, 0.3) is 11.1 Å². The van der Waals surface area contributed by atoms with Gasteiger partial charge in [-0.05, 0) is 49.9 Å². The quantitative estimate of drug-likeness (QED) is 0.239. The highest BCUT2D eigenvalue weighted by Gasteiger charge is 2.55. The Morgan fingerprint density at radius 1 is 1.00 bits per heavy atom. The van der Waals surface area contributed by atoms with Crippen molar-refractivity contribution in [3.63, 3.8) is 0 Å². The Bertz CT molecular complexity index is 1240. The molecule has 2 aromatic carbocycles. The average molecular weight is 554 g/mol. The number of fused-ring (bicyclic) bond motifs is 3. The molecular formula is C29H35N3O8. The van der Waals surface area contributed by atoms with Crippen LogP contribution in [0.1, 0.15) is 51.2 Å². The molecule has 2 N–H and O–H groups in total. The third-order valence-corrected chi connectivity index (χ3v) is 6.82. The summed E-state index contributed by atoms with van der Waals surface area (Å²) < 4.78 is 21.4. The number of ether oxygens (including phenoxy) is 4. The summed E-state index contributed by atoms with van der Waals surface area (Å²) in [6.45, 7) is 6.83. The number of hydrogen-bond acceptors (Lipinski definition) is 9. The minimum Gasteiger partial charge on any atom is -0.467 e. The first-order valence-electron chi connectivity index (χ1n) is 13.2. The van der Waals surface area contributed by atoms with Crippen LogP contribution in [0.15, 0.2) is 48.5 Å². The number of carbonyl (C=O) groups is 4. The van der Waals surface area contributed by atoms with Gasteiger partial charge in [-0.1, -0.05) is 48.5 Å². The standard InChI is InChI=1S/C29H35N3O8/c1-6-32(31-26(35)40-28(2,3)4)27(36)39-18-15-29(30-16-18,24(33)37-5)25(34)38-17-23-21-13-9-7-11-19(21)20-12-8-10-14-22(20)23/h7-14,18,23,30H,6,15-17H2,1-5H3,(H,31,35)/t18?,29-/m0/s1. The van der Waals surface area contributed by atoms with E-state index in [1.807, 2.05) is 48.5 Å². The number of hydrogen-bond donors (Lipinski definition) is 2. The molecule has 2 amide bonds. The third kappa shape index (κ3) is 5.89. The van der Waals surface area contributed by atoms with E-state index in [0.717, 1.165) is 27.3 Å². The molecule has 0 saturated carbocycles. The summed E-state index contributed by atoms with van der Waals surface area (Å²) in [6, 6.07) is 15.8. The molecule has 214 valence electrons. The first-order chi connectivity index (χ1) is 19.0. The monoisotopic (exact) mass is 553 g/mol. The van der Waals surface area contributed by atoms with Gasteiger partial charge in [0.2, 0.25) is 5.54 Å². The highest BCUT2D eigenvalue weighted by atomic mass is 16.6. The van der Waals surface area contributed by atoms with Crippen LogP contribution in [-0.4, -0.2) is 73.2 Å². The maximum atomic E-state index is 13.4. The molecule has 11 nitrogen and oxygen atoms in total. The smallest absolute Gasteiger partial charge is 0.429 e. The van der Waals surface area contributed by atoms with Gasteiger partial charge in [0.15, 0.2) is 0 Å². The van der Waals surface area contributed by atoms with Crippen molar-refractivity contribution in [3.8, 4) is 11.1 Å². The van der Waals surface area contributed by atoms with Gasteiger partial charge in [0.1, 0.15) is 18.3 Å². The molecule has 40 heavy (non-hydrogen) atoms. The molecule has 11 heteroatoms. The van der Waals surface area contributed by atoms with Gasteiger partial charge < -0.3 is 18.9 Å². The van der Waals surface area contributed by atoms with Crippen molar-refractivity contribution < 1.29 is 38.1 Å². The lowest BCUT2D eigenvalue weighted by Gasteiger charge is -2.26. The molecule has 1 unspecified atom stereocenters. The molecule has 4 rings (SSSR count). The van der Waals surface area contributed by atoms with Gasteiger partial charge in [-0.15, -0.1) is 0 Å². The van der Waals surface area contributed by atoms with E-state index >= 15 is 0 Å². The van der Waals surface area contributed by atoms with Gasteiger partial charge in [0, 0.05) is 25.4 Å². The molecule has 2 atom stereocenters. The second-order valence-corrected chi connectivity index (χ2v) is 10.7. The van der Waals surface area contributed by atoms with Gasteiger partial charge in [-0.2, -0.15) is 0 Å². The maximum Gasteiger partial charge on any atom is 0.429 e.